The van der Waals surface area contributed by atoms with Crippen molar-refractivity contribution < 1.29 is 28.4 Å². The van der Waals surface area contributed by atoms with Crippen LogP contribution in [0, 0.1) is 6.92 Å². The predicted molar refractivity (Wildman–Crippen MR) is 204 cm³/mol. The van der Waals surface area contributed by atoms with Crippen molar-refractivity contribution in [3.8, 4) is 0 Å². The van der Waals surface area contributed by atoms with E-state index in [1.165, 1.54) is 10.9 Å². The number of aromatic nitrogens is 1. The van der Waals surface area contributed by atoms with Gasteiger partial charge in [0.25, 0.3) is 0 Å². The number of ether oxygens (including phenoxy) is 6. The third-order valence-electron chi connectivity index (χ3n) is 10.0. The van der Waals surface area contributed by atoms with Gasteiger partial charge in [0.15, 0.2) is 0 Å². The summed E-state index contributed by atoms with van der Waals surface area (Å²) in [5, 5.41) is 1.18. The number of hydrogen-bond acceptors (Lipinski definition) is 6. The van der Waals surface area contributed by atoms with Gasteiger partial charge in [0.1, 0.15) is 24.4 Å². The van der Waals surface area contributed by atoms with Crippen molar-refractivity contribution in [3.05, 3.63) is 179 Å². The van der Waals surface area contributed by atoms with E-state index in [0.717, 1.165) is 38.9 Å². The summed E-state index contributed by atoms with van der Waals surface area (Å²) in [6.45, 7) is 4.25. The fourth-order valence-corrected chi connectivity index (χ4v) is 7.82. The smallest absolute Gasteiger partial charge is 0.226 e. The van der Waals surface area contributed by atoms with Gasteiger partial charge in [-0.3, -0.25) is 0 Å². The van der Waals surface area contributed by atoms with Gasteiger partial charge in [0.05, 0.1) is 45.2 Å². The van der Waals surface area contributed by atoms with Crippen molar-refractivity contribution in [2.24, 2.45) is 0 Å². The van der Waals surface area contributed by atoms with Gasteiger partial charge < -0.3 is 32.8 Å². The molecule has 0 aliphatic carbocycles. The SMILES string of the molecule is Cc1cn(P)c2cc3c(cc12)CO[C@]31O[C@H](COCc2ccccc2)[C@@H](OCc2ccccc2)[C@H](OCc2ccccc2)[C@H]1OCc1ccccc1. The van der Waals surface area contributed by atoms with Crippen LogP contribution in [0.5, 0.6) is 0 Å². The second-order valence-electron chi connectivity index (χ2n) is 13.6. The molecule has 1 saturated heterocycles. The van der Waals surface area contributed by atoms with Crippen LogP contribution in [0.2, 0.25) is 0 Å². The predicted octanol–water partition coefficient (Wildman–Crippen LogP) is 8.64. The van der Waals surface area contributed by atoms with Crippen LogP contribution in [0.4, 0.5) is 0 Å². The molecule has 8 rings (SSSR count). The quantitative estimate of drug-likeness (QED) is 0.112. The third kappa shape index (κ3) is 7.36. The maximum Gasteiger partial charge on any atom is 0.226 e. The molecule has 1 spiro atoms. The average molecular weight is 714 g/mol. The Morgan fingerprint density at radius 1 is 0.673 bits per heavy atom. The van der Waals surface area contributed by atoms with Crippen LogP contribution in [-0.2, 0) is 67.2 Å². The van der Waals surface area contributed by atoms with Crippen LogP contribution in [0.3, 0.4) is 0 Å². The molecular formula is C44H44NO6P. The Labute approximate surface area is 307 Å². The highest BCUT2D eigenvalue weighted by atomic mass is 31.0. The fourth-order valence-electron chi connectivity index (χ4n) is 7.39. The minimum atomic E-state index is -1.30. The van der Waals surface area contributed by atoms with E-state index in [1.807, 2.05) is 72.8 Å². The number of aryl methyl sites for hydroxylation is 1. The van der Waals surface area contributed by atoms with Crippen LogP contribution in [0.15, 0.2) is 140 Å². The van der Waals surface area contributed by atoms with Gasteiger partial charge in [0.2, 0.25) is 5.79 Å². The highest BCUT2D eigenvalue weighted by Gasteiger charge is 2.61. The van der Waals surface area contributed by atoms with Crippen molar-refractivity contribution in [2.45, 2.75) is 70.2 Å². The second-order valence-corrected chi connectivity index (χ2v) is 14.2. The molecule has 2 aliphatic heterocycles. The molecular weight excluding hydrogens is 669 g/mol. The van der Waals surface area contributed by atoms with Crippen LogP contribution >= 0.6 is 9.39 Å². The maximum atomic E-state index is 7.29. The molecule has 0 radical (unpaired) electrons. The molecule has 0 saturated carbocycles. The van der Waals surface area contributed by atoms with Gasteiger partial charge in [-0.2, -0.15) is 0 Å². The van der Waals surface area contributed by atoms with Crippen LogP contribution in [-0.4, -0.2) is 35.4 Å². The lowest BCUT2D eigenvalue weighted by Gasteiger charge is -2.51. The van der Waals surface area contributed by atoms with Gasteiger partial charge in [0, 0.05) is 17.1 Å². The summed E-state index contributed by atoms with van der Waals surface area (Å²) in [5.74, 6) is -1.30. The van der Waals surface area contributed by atoms with Gasteiger partial charge in [-0.05, 0) is 61.8 Å². The minimum absolute atomic E-state index is 0.257. The highest BCUT2D eigenvalue weighted by Crippen LogP contribution is 2.50. The molecule has 6 atom stereocenters. The van der Waals surface area contributed by atoms with Crippen molar-refractivity contribution in [1.82, 2.24) is 4.34 Å². The molecule has 7 nitrogen and oxygen atoms in total. The monoisotopic (exact) mass is 713 g/mol. The van der Waals surface area contributed by atoms with E-state index in [9.17, 15) is 0 Å². The standard InChI is InChI=1S/C44H44NO6P/c1-31-24-45(52)39-23-38-36(22-37(31)39)29-50-44(38)43(49-28-35-20-12-5-13-21-35)42(48-27-34-18-10-4-11-19-34)41(47-26-33-16-8-3-9-17-33)40(51-44)30-46-25-32-14-6-2-7-15-32/h2-24,40-43H,25-30,52H2,1H3/t40-,41-,42+,43-,44+/m1/s1. The Balaban J connectivity index is 1.22. The highest BCUT2D eigenvalue weighted by molar-refractivity contribution is 7.14. The van der Waals surface area contributed by atoms with E-state index >= 15 is 0 Å². The molecule has 2 aliphatic rings. The third-order valence-corrected chi connectivity index (χ3v) is 10.4. The second kappa shape index (κ2) is 15.8. The molecule has 6 aromatic rings. The van der Waals surface area contributed by atoms with Crippen LogP contribution in [0.25, 0.3) is 10.9 Å². The van der Waals surface area contributed by atoms with Gasteiger partial charge in [-0.1, -0.05) is 121 Å². The first-order chi connectivity index (χ1) is 25.6. The zero-order valence-corrected chi connectivity index (χ0v) is 30.5. The molecule has 0 amide bonds. The van der Waals surface area contributed by atoms with Crippen molar-refractivity contribution >= 4 is 20.3 Å². The Bertz CT molecular complexity index is 2060. The summed E-state index contributed by atoms with van der Waals surface area (Å²) in [7, 11) is 2.82. The summed E-state index contributed by atoms with van der Waals surface area (Å²) in [4.78, 5) is 0. The Hall–Kier alpha value is -4.17. The number of fused-ring (bicyclic) bond motifs is 3. The van der Waals surface area contributed by atoms with E-state index in [-0.39, 0.29) is 6.61 Å². The lowest BCUT2D eigenvalue weighted by atomic mass is 9.86. The molecule has 266 valence electrons. The fraction of sp³-hybridized carbons (Fsp3) is 0.273. The van der Waals surface area contributed by atoms with E-state index < -0.39 is 30.2 Å². The zero-order chi connectivity index (χ0) is 35.3. The zero-order valence-electron chi connectivity index (χ0n) is 29.3. The molecule has 3 heterocycles. The molecule has 1 unspecified atom stereocenters. The van der Waals surface area contributed by atoms with Crippen molar-refractivity contribution in [3.63, 3.8) is 0 Å². The normalized spacial score (nSPS) is 22.6. The Kier molecular flexibility index (Phi) is 10.6. The molecule has 1 fully saturated rings. The van der Waals surface area contributed by atoms with E-state index in [4.69, 9.17) is 28.4 Å². The largest absolute Gasteiger partial charge is 0.374 e. The lowest BCUT2D eigenvalue weighted by molar-refractivity contribution is -0.387. The van der Waals surface area contributed by atoms with Gasteiger partial charge in [-0.15, -0.1) is 0 Å². The van der Waals surface area contributed by atoms with E-state index in [1.54, 1.807) is 0 Å². The van der Waals surface area contributed by atoms with Crippen LogP contribution < -0.4 is 0 Å². The molecule has 5 aromatic carbocycles. The lowest BCUT2D eigenvalue weighted by Crippen LogP contribution is -2.65. The van der Waals surface area contributed by atoms with E-state index in [2.05, 4.69) is 87.5 Å². The Morgan fingerprint density at radius 3 is 1.77 bits per heavy atom. The van der Waals surface area contributed by atoms with Crippen LogP contribution in [0.1, 0.15) is 38.9 Å². The minimum Gasteiger partial charge on any atom is -0.374 e. The number of nitrogens with zero attached hydrogens (tertiary/aromatic N) is 1. The summed E-state index contributed by atoms with van der Waals surface area (Å²) in [5.41, 5.74) is 8.48. The first-order valence-corrected chi connectivity index (χ1v) is 18.4. The number of hydrogen-bond donors (Lipinski definition) is 0. The topological polar surface area (TPSA) is 60.3 Å². The van der Waals surface area contributed by atoms with E-state index in [0.29, 0.717) is 33.0 Å². The van der Waals surface area contributed by atoms with Crippen molar-refractivity contribution in [1.29, 1.82) is 0 Å². The first-order valence-electron chi connectivity index (χ1n) is 17.9. The molecule has 52 heavy (non-hydrogen) atoms. The molecule has 1 aromatic heterocycles. The van der Waals surface area contributed by atoms with Gasteiger partial charge >= 0.3 is 0 Å². The Morgan fingerprint density at radius 2 is 1.19 bits per heavy atom. The van der Waals surface area contributed by atoms with Crippen molar-refractivity contribution in [2.75, 3.05) is 6.61 Å². The first kappa shape index (κ1) is 34.9. The number of rotatable bonds is 13. The summed E-state index contributed by atoms with van der Waals surface area (Å²) in [6, 6.07) is 45.2. The molecule has 8 heteroatoms. The summed E-state index contributed by atoms with van der Waals surface area (Å²) < 4.78 is 43.6. The summed E-state index contributed by atoms with van der Waals surface area (Å²) in [6.07, 6.45) is -0.290. The van der Waals surface area contributed by atoms with Gasteiger partial charge in [-0.25, -0.2) is 0 Å². The number of benzene rings is 5. The average Bonchev–Trinajstić information content (AvgIpc) is 3.68. The molecule has 0 N–H and O–H groups in total. The molecule has 0 bridgehead atoms. The summed E-state index contributed by atoms with van der Waals surface area (Å²) >= 11 is 0. The maximum absolute atomic E-state index is 7.29.